The number of ether oxygens (including phenoxy) is 24. The number of hydrogen-bond acceptors (Lipinski definition) is 25. The van der Waals surface area contributed by atoms with Crippen molar-refractivity contribution in [2.45, 2.75) is 32.6 Å². The van der Waals surface area contributed by atoms with Crippen molar-refractivity contribution in [3.63, 3.8) is 0 Å². The Morgan fingerprint density at radius 2 is 0.370 bits per heavy atom. The SMILES string of the molecule is CCCCCNC(=O)CCOCCOCCOCCOCCOCCOCCOCCOCCOCCOCCOCCOCCOCCOCCOCCOCCOCCOCCOCCOCCOCCOCCOCCOC. The monoisotopic (exact) mass is 1190 g/mol. The van der Waals surface area contributed by atoms with Crippen molar-refractivity contribution < 1.29 is 118 Å². The molecular weight excluding hydrogens is 1070 g/mol. The Morgan fingerprint density at radius 3 is 0.519 bits per heavy atom. The molecule has 0 spiro atoms. The van der Waals surface area contributed by atoms with Gasteiger partial charge in [-0.25, -0.2) is 0 Å². The highest BCUT2D eigenvalue weighted by atomic mass is 16.6. The Balaban J connectivity index is 3.09. The lowest BCUT2D eigenvalue weighted by Gasteiger charge is -2.09. The number of carbonyl (C=O) groups excluding carboxylic acids is 1. The highest BCUT2D eigenvalue weighted by Crippen LogP contribution is 1.94. The highest BCUT2D eigenvalue weighted by Gasteiger charge is 2.02. The van der Waals surface area contributed by atoms with Gasteiger partial charge in [0.05, 0.1) is 311 Å². The molecule has 0 atom stereocenters. The van der Waals surface area contributed by atoms with Gasteiger partial charge in [0.25, 0.3) is 0 Å². The fraction of sp³-hybridized carbons (Fsp3) is 0.982. The molecule has 0 aromatic carbocycles. The summed E-state index contributed by atoms with van der Waals surface area (Å²) in [6.07, 6.45) is 3.66. The van der Waals surface area contributed by atoms with Crippen molar-refractivity contribution >= 4 is 5.91 Å². The average Bonchev–Trinajstić information content (AvgIpc) is 3.47. The van der Waals surface area contributed by atoms with E-state index in [4.69, 9.17) is 114 Å². The molecule has 81 heavy (non-hydrogen) atoms. The third kappa shape index (κ3) is 76.5. The molecule has 0 unspecified atom stereocenters. The summed E-state index contributed by atoms with van der Waals surface area (Å²) in [7, 11) is 1.64. The summed E-state index contributed by atoms with van der Waals surface area (Å²) in [6, 6.07) is 0. The Bertz CT molecular complexity index is 1130. The lowest BCUT2D eigenvalue weighted by atomic mass is 10.2. The van der Waals surface area contributed by atoms with E-state index >= 15 is 0 Å². The van der Waals surface area contributed by atoms with Crippen LogP contribution in [0, 0.1) is 0 Å². The molecule has 0 aromatic rings. The van der Waals surface area contributed by atoms with Gasteiger partial charge >= 0.3 is 0 Å². The van der Waals surface area contributed by atoms with E-state index in [0.717, 1.165) is 25.8 Å². The maximum Gasteiger partial charge on any atom is 0.222 e. The van der Waals surface area contributed by atoms with Crippen LogP contribution in [0.1, 0.15) is 32.6 Å². The fourth-order valence-electron chi connectivity index (χ4n) is 5.94. The number of methoxy groups -OCH3 is 1. The normalized spacial score (nSPS) is 11.7. The standard InChI is InChI=1S/C55H111NO25/c1-3-4-5-7-56-55(57)6-8-59-11-12-61-15-16-63-19-20-65-23-24-67-27-28-69-31-32-71-35-36-73-39-40-75-43-44-77-47-48-79-51-52-81-54-53-80-50-49-78-46-45-76-42-41-74-38-37-72-34-33-70-30-29-68-26-25-66-22-21-64-18-17-62-14-13-60-10-9-58-2/h3-54H2,1-2H3,(H,56,57). The first-order valence-corrected chi connectivity index (χ1v) is 29.3. The minimum absolute atomic E-state index is 0.0291. The number of hydrogen-bond donors (Lipinski definition) is 1. The van der Waals surface area contributed by atoms with Crippen molar-refractivity contribution in [3.05, 3.63) is 0 Å². The van der Waals surface area contributed by atoms with E-state index in [2.05, 4.69) is 12.2 Å². The number of carbonyl (C=O) groups is 1. The lowest BCUT2D eigenvalue weighted by molar-refractivity contribution is -0.122. The quantitative estimate of drug-likeness (QED) is 0.0851. The van der Waals surface area contributed by atoms with Crippen LogP contribution in [0.5, 0.6) is 0 Å². The van der Waals surface area contributed by atoms with Gasteiger partial charge in [0.2, 0.25) is 5.91 Å². The molecule has 0 fully saturated rings. The van der Waals surface area contributed by atoms with Gasteiger partial charge in [-0.05, 0) is 6.42 Å². The maximum absolute atomic E-state index is 11.7. The molecular formula is C55H111NO25. The molecule has 0 bridgehead atoms. The van der Waals surface area contributed by atoms with Crippen LogP contribution in [0.3, 0.4) is 0 Å². The predicted molar refractivity (Wildman–Crippen MR) is 298 cm³/mol. The zero-order valence-electron chi connectivity index (χ0n) is 50.0. The van der Waals surface area contributed by atoms with Crippen LogP contribution in [-0.2, 0) is 118 Å². The van der Waals surface area contributed by atoms with Crippen molar-refractivity contribution in [2.75, 3.05) is 324 Å². The Labute approximate surface area is 485 Å². The van der Waals surface area contributed by atoms with Crippen LogP contribution in [0.15, 0.2) is 0 Å². The summed E-state index contributed by atoms with van der Waals surface area (Å²) in [5.74, 6) is 0.0291. The largest absolute Gasteiger partial charge is 0.382 e. The maximum atomic E-state index is 11.7. The molecule has 0 aromatic heterocycles. The van der Waals surface area contributed by atoms with Crippen LogP contribution in [-0.4, -0.2) is 330 Å². The summed E-state index contributed by atoms with van der Waals surface area (Å²) < 4.78 is 131. The molecule has 0 saturated carbocycles. The first kappa shape index (κ1) is 79.5. The molecule has 26 heteroatoms. The van der Waals surface area contributed by atoms with E-state index in [1.165, 1.54) is 0 Å². The predicted octanol–water partition coefficient (Wildman–Crippen LogP) is 1.71. The molecule has 0 aliphatic carbocycles. The van der Waals surface area contributed by atoms with E-state index in [1.807, 2.05) is 0 Å². The summed E-state index contributed by atoms with van der Waals surface area (Å²) in [4.78, 5) is 11.7. The van der Waals surface area contributed by atoms with Gasteiger partial charge in [-0.2, -0.15) is 0 Å². The van der Waals surface area contributed by atoms with Gasteiger partial charge in [-0.15, -0.1) is 0 Å². The summed E-state index contributed by atoms with van der Waals surface area (Å²) >= 11 is 0. The second-order valence-electron chi connectivity index (χ2n) is 16.9. The van der Waals surface area contributed by atoms with E-state index in [9.17, 15) is 4.79 Å². The molecule has 1 N–H and O–H groups in total. The van der Waals surface area contributed by atoms with Gasteiger partial charge in [0.1, 0.15) is 0 Å². The fourth-order valence-corrected chi connectivity index (χ4v) is 5.94. The Hall–Kier alpha value is -1.49. The smallest absolute Gasteiger partial charge is 0.222 e. The Morgan fingerprint density at radius 1 is 0.222 bits per heavy atom. The zero-order valence-corrected chi connectivity index (χ0v) is 50.0. The van der Waals surface area contributed by atoms with Crippen LogP contribution in [0.4, 0.5) is 0 Å². The van der Waals surface area contributed by atoms with E-state index in [-0.39, 0.29) is 5.91 Å². The second-order valence-corrected chi connectivity index (χ2v) is 16.9. The van der Waals surface area contributed by atoms with Crippen LogP contribution < -0.4 is 5.32 Å². The van der Waals surface area contributed by atoms with Crippen molar-refractivity contribution in [2.24, 2.45) is 0 Å². The number of rotatable bonds is 76. The van der Waals surface area contributed by atoms with Crippen LogP contribution in [0.2, 0.25) is 0 Å². The third-order valence-corrected chi connectivity index (χ3v) is 10.2. The van der Waals surface area contributed by atoms with Gasteiger partial charge in [-0.1, -0.05) is 19.8 Å². The first-order valence-electron chi connectivity index (χ1n) is 29.3. The van der Waals surface area contributed by atoms with Crippen molar-refractivity contribution in [3.8, 4) is 0 Å². The zero-order chi connectivity index (χ0) is 58.0. The van der Waals surface area contributed by atoms with Crippen molar-refractivity contribution in [1.29, 1.82) is 0 Å². The second kappa shape index (κ2) is 76.5. The van der Waals surface area contributed by atoms with Gasteiger partial charge < -0.3 is 119 Å². The Kier molecular flexibility index (Phi) is 75.1. The molecule has 0 aliphatic heterocycles. The van der Waals surface area contributed by atoms with Gasteiger partial charge in [-0.3, -0.25) is 4.79 Å². The van der Waals surface area contributed by atoms with Crippen LogP contribution >= 0.6 is 0 Å². The average molecular weight is 1190 g/mol. The molecule has 26 nitrogen and oxygen atoms in total. The van der Waals surface area contributed by atoms with Crippen LogP contribution in [0.25, 0.3) is 0 Å². The first-order chi connectivity index (χ1) is 40.3. The minimum Gasteiger partial charge on any atom is -0.382 e. The third-order valence-electron chi connectivity index (χ3n) is 10.2. The summed E-state index contributed by atoms with van der Waals surface area (Å²) in [5.41, 5.74) is 0. The lowest BCUT2D eigenvalue weighted by Crippen LogP contribution is -2.25. The minimum atomic E-state index is 0.0291. The molecule has 1 amide bonds. The molecule has 0 rings (SSSR count). The van der Waals surface area contributed by atoms with E-state index in [1.54, 1.807) is 7.11 Å². The number of unbranched alkanes of at least 4 members (excludes halogenated alkanes) is 2. The molecule has 486 valence electrons. The molecule has 0 heterocycles. The topological polar surface area (TPSA) is 251 Å². The summed E-state index contributed by atoms with van der Waals surface area (Å²) in [6.45, 7) is 26.1. The highest BCUT2D eigenvalue weighted by molar-refractivity contribution is 5.75. The number of amides is 1. The molecule has 0 aliphatic rings. The van der Waals surface area contributed by atoms with Gasteiger partial charge in [0, 0.05) is 20.1 Å². The van der Waals surface area contributed by atoms with Gasteiger partial charge in [0.15, 0.2) is 0 Å². The summed E-state index contributed by atoms with van der Waals surface area (Å²) in [5, 5.41) is 2.90. The van der Waals surface area contributed by atoms with Crippen molar-refractivity contribution in [1.82, 2.24) is 5.32 Å². The molecule has 0 radical (unpaired) electrons. The van der Waals surface area contributed by atoms with E-state index < -0.39 is 0 Å². The van der Waals surface area contributed by atoms with E-state index in [0.29, 0.717) is 317 Å². The molecule has 0 saturated heterocycles. The number of nitrogens with one attached hydrogen (secondary N) is 1.